The number of allylic oxidation sites excluding steroid dienone is 2. The fourth-order valence-corrected chi connectivity index (χ4v) is 1.39. The van der Waals surface area contributed by atoms with Gasteiger partial charge >= 0.3 is 0 Å². The van der Waals surface area contributed by atoms with Gasteiger partial charge in [0, 0.05) is 7.05 Å². The van der Waals surface area contributed by atoms with Gasteiger partial charge in [0.1, 0.15) is 5.03 Å². The number of aldehydes is 1. The second-order valence-electron chi connectivity index (χ2n) is 3.85. The Morgan fingerprint density at radius 3 is 2.44 bits per heavy atom. The summed E-state index contributed by atoms with van der Waals surface area (Å²) in [5.41, 5.74) is 3.33. The largest absolute Gasteiger partial charge is 0.297 e. The van der Waals surface area contributed by atoms with Crippen molar-refractivity contribution in [2.24, 2.45) is 5.10 Å². The van der Waals surface area contributed by atoms with Crippen LogP contribution in [0.3, 0.4) is 0 Å². The van der Waals surface area contributed by atoms with E-state index in [-0.39, 0.29) is 10.1 Å². The minimum absolute atomic E-state index is 0.0612. The summed E-state index contributed by atoms with van der Waals surface area (Å²) in [4.78, 5) is 10.4. The number of hydrogen-bond donors (Lipinski definition) is 0. The van der Waals surface area contributed by atoms with Gasteiger partial charge in [-0.15, -0.1) is 0 Å². The van der Waals surface area contributed by atoms with E-state index >= 15 is 0 Å². The summed E-state index contributed by atoms with van der Waals surface area (Å²) in [5, 5.41) is 5.82. The van der Waals surface area contributed by atoms with E-state index in [1.807, 2.05) is 32.0 Å². The molecule has 0 aromatic heterocycles. The van der Waals surface area contributed by atoms with E-state index < -0.39 is 0 Å². The Labute approximate surface area is 117 Å². The number of carbonyl (C=O) groups is 1. The van der Waals surface area contributed by atoms with Crippen molar-refractivity contribution in [3.8, 4) is 0 Å². The van der Waals surface area contributed by atoms with Crippen LogP contribution in [0, 0.1) is 13.8 Å². The first kappa shape index (κ1) is 14.7. The van der Waals surface area contributed by atoms with E-state index in [0.717, 1.165) is 5.69 Å². The third kappa shape index (κ3) is 3.86. The lowest BCUT2D eigenvalue weighted by molar-refractivity contribution is -0.104. The van der Waals surface area contributed by atoms with Crippen LogP contribution < -0.4 is 5.01 Å². The maximum absolute atomic E-state index is 10.4. The van der Waals surface area contributed by atoms with Gasteiger partial charge in [0.2, 0.25) is 0 Å². The van der Waals surface area contributed by atoms with Crippen LogP contribution in [0.1, 0.15) is 11.1 Å². The van der Waals surface area contributed by atoms with Gasteiger partial charge in [-0.1, -0.05) is 29.3 Å². The highest BCUT2D eigenvalue weighted by Gasteiger charge is 2.01. The molecule has 0 radical (unpaired) electrons. The third-order valence-corrected chi connectivity index (χ3v) is 3.23. The molecular weight excluding hydrogens is 271 g/mol. The molecule has 3 nitrogen and oxygen atoms in total. The minimum atomic E-state index is -0.0612. The molecule has 0 amide bonds. The van der Waals surface area contributed by atoms with Gasteiger partial charge in [-0.2, -0.15) is 5.10 Å². The van der Waals surface area contributed by atoms with E-state index in [1.165, 1.54) is 17.3 Å². The number of anilines is 1. The molecule has 5 heteroatoms. The maximum Gasteiger partial charge on any atom is 0.162 e. The molecule has 0 saturated carbocycles. The molecule has 0 saturated heterocycles. The first-order valence-electron chi connectivity index (χ1n) is 5.31. The van der Waals surface area contributed by atoms with Crippen molar-refractivity contribution < 1.29 is 4.79 Å². The van der Waals surface area contributed by atoms with Crippen LogP contribution in [0.25, 0.3) is 0 Å². The van der Waals surface area contributed by atoms with Crippen LogP contribution in [0.4, 0.5) is 5.69 Å². The van der Waals surface area contributed by atoms with Crippen LogP contribution in [-0.2, 0) is 4.79 Å². The molecule has 0 aliphatic rings. The summed E-state index contributed by atoms with van der Waals surface area (Å²) >= 11 is 11.3. The number of carbonyl (C=O) groups excluding carboxylic acids is 1. The van der Waals surface area contributed by atoms with Crippen molar-refractivity contribution in [2.75, 3.05) is 12.1 Å². The van der Waals surface area contributed by atoms with Crippen LogP contribution in [0.15, 0.2) is 33.4 Å². The van der Waals surface area contributed by atoms with E-state index in [1.54, 1.807) is 12.1 Å². The zero-order valence-electron chi connectivity index (χ0n) is 10.4. The molecule has 0 unspecified atom stereocenters. The lowest BCUT2D eigenvalue weighted by atomic mass is 10.1. The summed E-state index contributed by atoms with van der Waals surface area (Å²) in [6.45, 7) is 4.08. The molecule has 0 fully saturated rings. The van der Waals surface area contributed by atoms with Crippen molar-refractivity contribution in [1.29, 1.82) is 0 Å². The SMILES string of the molecule is Cc1ccc(N(C)/N=C\C(Cl)=C(\Cl)C=O)cc1C. The molecule has 96 valence electrons. The molecule has 18 heavy (non-hydrogen) atoms. The normalized spacial score (nSPS) is 12.5. The summed E-state index contributed by atoms with van der Waals surface area (Å²) < 4.78 is 0. The van der Waals surface area contributed by atoms with Gasteiger partial charge in [0.05, 0.1) is 16.9 Å². The summed E-state index contributed by atoms with van der Waals surface area (Å²) in [6.07, 6.45) is 1.82. The van der Waals surface area contributed by atoms with E-state index in [4.69, 9.17) is 23.2 Å². The average molecular weight is 285 g/mol. The molecule has 1 rings (SSSR count). The fourth-order valence-electron chi connectivity index (χ4n) is 1.25. The Kier molecular flexibility index (Phi) is 5.38. The predicted molar refractivity (Wildman–Crippen MR) is 77.6 cm³/mol. The number of benzene rings is 1. The quantitative estimate of drug-likeness (QED) is 0.366. The Balaban J connectivity index is 2.88. The fraction of sp³-hybridized carbons (Fsp3) is 0.231. The van der Waals surface area contributed by atoms with Crippen molar-refractivity contribution in [3.05, 3.63) is 39.4 Å². The first-order chi connectivity index (χ1) is 8.45. The maximum atomic E-state index is 10.4. The summed E-state index contributed by atoms with van der Waals surface area (Å²) in [7, 11) is 1.79. The number of hydrogen-bond acceptors (Lipinski definition) is 3. The van der Waals surface area contributed by atoms with Gasteiger partial charge in [-0.25, -0.2) is 0 Å². The van der Waals surface area contributed by atoms with Gasteiger partial charge in [-0.3, -0.25) is 9.80 Å². The highest BCUT2D eigenvalue weighted by molar-refractivity contribution is 6.50. The molecule has 1 aromatic carbocycles. The standard InChI is InChI=1S/C13H14Cl2N2O/c1-9-4-5-11(6-10(9)2)17(3)16-7-12(14)13(15)8-18/h4-8H,1-3H3/b13-12-,16-7-. The van der Waals surface area contributed by atoms with Crippen LogP contribution in [0.2, 0.25) is 0 Å². The Bertz CT molecular complexity index is 510. The van der Waals surface area contributed by atoms with Crippen LogP contribution in [-0.4, -0.2) is 19.5 Å². The predicted octanol–water partition coefficient (Wildman–Crippen LogP) is 3.61. The summed E-state index contributed by atoms with van der Waals surface area (Å²) in [6, 6.07) is 6.00. The van der Waals surface area contributed by atoms with E-state index in [0.29, 0.717) is 6.29 Å². The van der Waals surface area contributed by atoms with Gasteiger partial charge < -0.3 is 0 Å². The minimum Gasteiger partial charge on any atom is -0.297 e. The van der Waals surface area contributed by atoms with Gasteiger partial charge in [0.25, 0.3) is 0 Å². The van der Waals surface area contributed by atoms with Gasteiger partial charge in [-0.05, 0) is 37.1 Å². The van der Waals surface area contributed by atoms with Crippen molar-refractivity contribution in [1.82, 2.24) is 0 Å². The molecule has 0 spiro atoms. The number of aryl methyl sites for hydroxylation is 2. The molecule has 0 bridgehead atoms. The van der Waals surface area contributed by atoms with Crippen LogP contribution >= 0.6 is 23.2 Å². The zero-order chi connectivity index (χ0) is 13.7. The van der Waals surface area contributed by atoms with E-state index in [2.05, 4.69) is 5.10 Å². The van der Waals surface area contributed by atoms with Crippen molar-refractivity contribution >= 4 is 41.4 Å². The monoisotopic (exact) mass is 284 g/mol. The number of rotatable bonds is 4. The lowest BCUT2D eigenvalue weighted by Crippen LogP contribution is -2.09. The number of hydrazone groups is 1. The molecule has 0 N–H and O–H groups in total. The number of halogens is 2. The van der Waals surface area contributed by atoms with Crippen molar-refractivity contribution in [3.63, 3.8) is 0 Å². The topological polar surface area (TPSA) is 32.7 Å². The zero-order valence-corrected chi connectivity index (χ0v) is 12.0. The molecule has 0 atom stereocenters. The van der Waals surface area contributed by atoms with Crippen molar-refractivity contribution in [2.45, 2.75) is 13.8 Å². The van der Waals surface area contributed by atoms with Crippen LogP contribution in [0.5, 0.6) is 0 Å². The first-order valence-corrected chi connectivity index (χ1v) is 6.06. The highest BCUT2D eigenvalue weighted by Crippen LogP contribution is 2.18. The second-order valence-corrected chi connectivity index (χ2v) is 4.66. The molecule has 0 aliphatic heterocycles. The Morgan fingerprint density at radius 1 is 1.22 bits per heavy atom. The molecule has 0 heterocycles. The van der Waals surface area contributed by atoms with Gasteiger partial charge in [0.15, 0.2) is 6.29 Å². The molecular formula is C13H14Cl2N2O. The van der Waals surface area contributed by atoms with E-state index in [9.17, 15) is 4.79 Å². The Morgan fingerprint density at radius 2 is 1.89 bits per heavy atom. The average Bonchev–Trinajstić information content (AvgIpc) is 2.37. The second kappa shape index (κ2) is 6.57. The number of nitrogens with zero attached hydrogens (tertiary/aromatic N) is 2. The third-order valence-electron chi connectivity index (χ3n) is 2.54. The molecule has 0 aliphatic carbocycles. The molecule has 1 aromatic rings. The summed E-state index contributed by atoms with van der Waals surface area (Å²) in [5.74, 6) is 0. The smallest absolute Gasteiger partial charge is 0.162 e. The lowest BCUT2D eigenvalue weighted by Gasteiger charge is -2.14. The Hall–Kier alpha value is -1.32. The highest BCUT2D eigenvalue weighted by atomic mass is 35.5.